The molecule has 0 unspecified atom stereocenters. The van der Waals surface area contributed by atoms with Crippen molar-refractivity contribution in [1.29, 1.82) is 0 Å². The number of hydrogen-bond acceptors (Lipinski definition) is 7. The Morgan fingerprint density at radius 1 is 0.958 bits per heavy atom. The van der Waals surface area contributed by atoms with Crippen LogP contribution >= 0.6 is 0 Å². The number of benzene rings is 4. The molecule has 1 aliphatic rings. The number of halogens is 3. The molecule has 0 aliphatic carbocycles. The second-order valence-corrected chi connectivity index (χ2v) is 10.9. The third kappa shape index (κ3) is 8.44. The molecule has 1 amide bonds. The number of aliphatic imine (C=N–C) groups is 1. The monoisotopic (exact) mass is 659 g/mol. The van der Waals surface area contributed by atoms with Crippen LogP contribution in [0.5, 0.6) is 11.5 Å². The van der Waals surface area contributed by atoms with Gasteiger partial charge in [0.05, 0.1) is 13.2 Å². The summed E-state index contributed by atoms with van der Waals surface area (Å²) in [6.07, 6.45) is -5.17. The fourth-order valence-corrected chi connectivity index (χ4v) is 5.35. The minimum atomic E-state index is -4.82. The zero-order valence-electron chi connectivity index (χ0n) is 25.6. The number of hydrogen-bond donors (Lipinski definition) is 2. The van der Waals surface area contributed by atoms with Gasteiger partial charge in [-0.25, -0.2) is 4.99 Å². The van der Waals surface area contributed by atoms with Crippen LogP contribution in [0.25, 0.3) is 10.4 Å². The van der Waals surface area contributed by atoms with Gasteiger partial charge in [-0.05, 0) is 64.2 Å². The maximum atomic E-state index is 14.5. The molecule has 1 heterocycles. The Balaban J connectivity index is 1.54. The quantitative estimate of drug-likeness (QED) is 0.0652. The molecular formula is C35H32F3N5O5. The highest BCUT2D eigenvalue weighted by Crippen LogP contribution is 2.44. The Labute approximate surface area is 274 Å². The number of azide groups is 1. The first-order valence-electron chi connectivity index (χ1n) is 15.1. The molecule has 0 bridgehead atoms. The molecular weight excluding hydrogens is 627 g/mol. The molecule has 4 aromatic carbocycles. The van der Waals surface area contributed by atoms with Crippen LogP contribution < -0.4 is 14.8 Å². The number of carbonyl (C=O) groups excluding carboxylic acids is 1. The number of aliphatic hydroxyl groups is 1. The molecule has 2 atom stereocenters. The van der Waals surface area contributed by atoms with Gasteiger partial charge in [0.1, 0.15) is 11.5 Å². The van der Waals surface area contributed by atoms with Gasteiger partial charge in [0.2, 0.25) is 5.90 Å². The standard InChI is InChI=1S/C35H32F3N5O5/c36-35(37,38)48-29-15-11-25(12-16-29)22-40-33(45)34(21-24-7-2-1-3-8-24)31(30-10-5-4-9-27(30)23-41-43-39)47-32(42-34)26-13-17-28(18-14-26)46-20-6-19-44/h1-5,7-18,31,44H,6,19-23H2,(H,40,45)/t31-,34-/m1/s1. The molecule has 0 saturated heterocycles. The normalized spacial score (nSPS) is 17.1. The Kier molecular flexibility index (Phi) is 10.8. The minimum Gasteiger partial charge on any atom is -0.494 e. The molecule has 2 N–H and O–H groups in total. The van der Waals surface area contributed by atoms with E-state index in [1.165, 1.54) is 24.3 Å². The number of rotatable bonds is 14. The highest BCUT2D eigenvalue weighted by atomic mass is 19.4. The SMILES string of the molecule is [N-]=[N+]=NCc1ccccc1[C@H]1OC(c2ccc(OCCCO)cc2)=N[C@@]1(Cc1ccccc1)C(=O)NCc1ccc(OC(F)(F)F)cc1. The summed E-state index contributed by atoms with van der Waals surface area (Å²) in [6, 6.07) is 28.7. The number of nitrogens with zero attached hydrogens (tertiary/aromatic N) is 4. The third-order valence-corrected chi connectivity index (χ3v) is 7.60. The van der Waals surface area contributed by atoms with Gasteiger partial charge in [0.25, 0.3) is 5.91 Å². The fourth-order valence-electron chi connectivity index (χ4n) is 5.35. The first kappa shape index (κ1) is 33.8. The van der Waals surface area contributed by atoms with E-state index in [-0.39, 0.29) is 37.8 Å². The summed E-state index contributed by atoms with van der Waals surface area (Å²) in [4.78, 5) is 22.4. The maximum absolute atomic E-state index is 14.5. The van der Waals surface area contributed by atoms with Gasteiger partial charge in [0, 0.05) is 36.5 Å². The number of nitrogens with one attached hydrogen (secondary N) is 1. The molecule has 13 heteroatoms. The van der Waals surface area contributed by atoms with Crippen molar-refractivity contribution in [2.24, 2.45) is 10.1 Å². The molecule has 10 nitrogen and oxygen atoms in total. The maximum Gasteiger partial charge on any atom is 0.573 e. The Morgan fingerprint density at radius 3 is 2.33 bits per heavy atom. The van der Waals surface area contributed by atoms with Crippen molar-refractivity contribution in [3.63, 3.8) is 0 Å². The van der Waals surface area contributed by atoms with E-state index in [4.69, 9.17) is 25.1 Å². The molecule has 0 radical (unpaired) electrons. The fraction of sp³-hybridized carbons (Fsp3) is 0.257. The van der Waals surface area contributed by atoms with Gasteiger partial charge in [0.15, 0.2) is 11.6 Å². The van der Waals surface area contributed by atoms with E-state index < -0.39 is 23.9 Å². The lowest BCUT2D eigenvalue weighted by Gasteiger charge is -2.32. The van der Waals surface area contributed by atoms with Crippen LogP contribution in [0.2, 0.25) is 0 Å². The molecule has 4 aromatic rings. The number of aliphatic hydroxyl groups excluding tert-OH is 1. The zero-order valence-corrected chi connectivity index (χ0v) is 25.6. The van der Waals surface area contributed by atoms with Crippen molar-refractivity contribution >= 4 is 11.8 Å². The Bertz CT molecular complexity index is 1760. The van der Waals surface area contributed by atoms with Crippen molar-refractivity contribution in [2.45, 2.75) is 43.9 Å². The number of ether oxygens (including phenoxy) is 3. The van der Waals surface area contributed by atoms with Crippen molar-refractivity contribution in [3.05, 3.63) is 141 Å². The van der Waals surface area contributed by atoms with E-state index in [0.717, 1.165) is 5.56 Å². The van der Waals surface area contributed by atoms with E-state index in [9.17, 15) is 18.0 Å². The summed E-state index contributed by atoms with van der Waals surface area (Å²) in [5.41, 5.74) is 10.7. The average molecular weight is 660 g/mol. The minimum absolute atomic E-state index is 0.00855. The van der Waals surface area contributed by atoms with E-state index in [0.29, 0.717) is 41.0 Å². The first-order valence-corrected chi connectivity index (χ1v) is 15.1. The van der Waals surface area contributed by atoms with Gasteiger partial charge < -0.3 is 24.6 Å². The van der Waals surface area contributed by atoms with Crippen LogP contribution in [0.15, 0.2) is 113 Å². The molecule has 0 saturated carbocycles. The van der Waals surface area contributed by atoms with Crippen molar-refractivity contribution < 1.29 is 37.3 Å². The summed E-state index contributed by atoms with van der Waals surface area (Å²) < 4.78 is 54.2. The second-order valence-electron chi connectivity index (χ2n) is 10.9. The van der Waals surface area contributed by atoms with Gasteiger partial charge >= 0.3 is 6.36 Å². The predicted octanol–water partition coefficient (Wildman–Crippen LogP) is 6.97. The molecule has 248 valence electrons. The van der Waals surface area contributed by atoms with Gasteiger partial charge in [-0.3, -0.25) is 4.79 Å². The summed E-state index contributed by atoms with van der Waals surface area (Å²) in [5.74, 6) is -0.0650. The largest absolute Gasteiger partial charge is 0.573 e. The van der Waals surface area contributed by atoms with Crippen LogP contribution in [0.4, 0.5) is 13.2 Å². The molecule has 0 aromatic heterocycles. The van der Waals surface area contributed by atoms with Crippen LogP contribution in [0, 0.1) is 0 Å². The lowest BCUT2D eigenvalue weighted by molar-refractivity contribution is -0.274. The summed E-state index contributed by atoms with van der Waals surface area (Å²) in [7, 11) is 0. The van der Waals surface area contributed by atoms with Gasteiger partial charge in [-0.2, -0.15) is 0 Å². The number of alkyl halides is 3. The summed E-state index contributed by atoms with van der Waals surface area (Å²) in [6.45, 7) is 0.348. The van der Waals surface area contributed by atoms with Crippen molar-refractivity contribution in [1.82, 2.24) is 5.32 Å². The third-order valence-electron chi connectivity index (χ3n) is 7.60. The van der Waals surface area contributed by atoms with Gasteiger partial charge in [-0.1, -0.05) is 71.8 Å². The first-order chi connectivity index (χ1) is 23.2. The highest BCUT2D eigenvalue weighted by molar-refractivity contribution is 6.01. The van der Waals surface area contributed by atoms with E-state index in [1.807, 2.05) is 30.3 Å². The predicted molar refractivity (Wildman–Crippen MR) is 171 cm³/mol. The smallest absolute Gasteiger partial charge is 0.494 e. The Hall–Kier alpha value is -5.52. The number of amides is 1. The molecule has 5 rings (SSSR count). The van der Waals surface area contributed by atoms with Crippen LogP contribution in [0.3, 0.4) is 0 Å². The average Bonchev–Trinajstić information content (AvgIpc) is 3.47. The topological polar surface area (TPSA) is 138 Å². The Morgan fingerprint density at radius 2 is 1.65 bits per heavy atom. The van der Waals surface area contributed by atoms with E-state index in [2.05, 4.69) is 20.1 Å². The molecule has 0 fully saturated rings. The molecule has 48 heavy (non-hydrogen) atoms. The molecule has 1 aliphatic heterocycles. The van der Waals surface area contributed by atoms with Crippen LogP contribution in [-0.4, -0.2) is 42.0 Å². The van der Waals surface area contributed by atoms with E-state index >= 15 is 0 Å². The second kappa shape index (κ2) is 15.4. The molecule has 0 spiro atoms. The summed E-state index contributed by atoms with van der Waals surface area (Å²) in [5, 5.41) is 15.7. The zero-order chi connectivity index (χ0) is 34.0. The van der Waals surface area contributed by atoms with Crippen LogP contribution in [-0.2, 0) is 29.0 Å². The number of carbonyl (C=O) groups is 1. The lowest BCUT2D eigenvalue weighted by Crippen LogP contribution is -2.49. The highest BCUT2D eigenvalue weighted by Gasteiger charge is 2.53. The van der Waals surface area contributed by atoms with Crippen molar-refractivity contribution in [2.75, 3.05) is 13.2 Å². The lowest BCUT2D eigenvalue weighted by atomic mass is 9.80. The summed E-state index contributed by atoms with van der Waals surface area (Å²) >= 11 is 0. The van der Waals surface area contributed by atoms with Gasteiger partial charge in [-0.15, -0.1) is 13.2 Å². The van der Waals surface area contributed by atoms with Crippen LogP contribution in [0.1, 0.15) is 40.3 Å². The van der Waals surface area contributed by atoms with E-state index in [1.54, 1.807) is 48.5 Å². The van der Waals surface area contributed by atoms with Crippen molar-refractivity contribution in [3.8, 4) is 11.5 Å².